The highest BCUT2D eigenvalue weighted by molar-refractivity contribution is 5.83. The van der Waals surface area contributed by atoms with Crippen molar-refractivity contribution in [1.29, 1.82) is 0 Å². The van der Waals surface area contributed by atoms with E-state index in [4.69, 9.17) is 0 Å². The Hall–Kier alpha value is -0.990. The highest BCUT2D eigenvalue weighted by atomic mass is 15.2. The van der Waals surface area contributed by atoms with Gasteiger partial charge < -0.3 is 10.6 Å². The van der Waals surface area contributed by atoms with Gasteiger partial charge in [0, 0.05) is 12.2 Å². The van der Waals surface area contributed by atoms with Crippen LogP contribution in [0.25, 0.3) is 0 Å². The molecule has 82 valence electrons. The van der Waals surface area contributed by atoms with Gasteiger partial charge in [0.15, 0.2) is 5.96 Å². The fraction of sp³-hybridized carbons (Fsp3) is 0.727. The fourth-order valence-electron chi connectivity index (χ4n) is 1.37. The summed E-state index contributed by atoms with van der Waals surface area (Å²) in [4.78, 5) is 4.28. The number of aliphatic imine (C=N–C) groups is 1. The molecule has 0 aromatic heterocycles. The van der Waals surface area contributed by atoms with Crippen LogP contribution in [0.2, 0.25) is 0 Å². The van der Waals surface area contributed by atoms with Crippen LogP contribution in [0.4, 0.5) is 0 Å². The Morgan fingerprint density at radius 3 is 2.36 bits per heavy atom. The summed E-state index contributed by atoms with van der Waals surface area (Å²) in [6, 6.07) is 0. The van der Waals surface area contributed by atoms with E-state index in [1.165, 1.54) is 0 Å². The van der Waals surface area contributed by atoms with Crippen LogP contribution in [0.15, 0.2) is 16.8 Å². The van der Waals surface area contributed by atoms with Crippen LogP contribution in [0.1, 0.15) is 41.5 Å². The minimum atomic E-state index is 0.0172. The summed E-state index contributed by atoms with van der Waals surface area (Å²) in [7, 11) is 0. The number of guanidine groups is 1. The molecule has 14 heavy (non-hydrogen) atoms. The van der Waals surface area contributed by atoms with Crippen molar-refractivity contribution in [2.45, 2.75) is 47.1 Å². The third kappa shape index (κ3) is 4.30. The van der Waals surface area contributed by atoms with E-state index in [1.54, 1.807) is 0 Å². The average molecular weight is 197 g/mol. The lowest BCUT2D eigenvalue weighted by atomic mass is 10.0. The van der Waals surface area contributed by atoms with Crippen LogP contribution >= 0.6 is 0 Å². The molecule has 3 heteroatoms. The third-order valence-corrected chi connectivity index (χ3v) is 1.65. The van der Waals surface area contributed by atoms with Crippen LogP contribution < -0.4 is 10.6 Å². The highest BCUT2D eigenvalue weighted by Crippen LogP contribution is 2.10. The van der Waals surface area contributed by atoms with E-state index < -0.39 is 0 Å². The molecule has 0 aliphatic carbocycles. The molecule has 0 saturated heterocycles. The van der Waals surface area contributed by atoms with Crippen LogP contribution in [-0.4, -0.2) is 18.0 Å². The van der Waals surface area contributed by atoms with Crippen molar-refractivity contribution in [3.8, 4) is 0 Å². The quantitative estimate of drug-likeness (QED) is 0.676. The molecule has 3 nitrogen and oxygen atoms in total. The van der Waals surface area contributed by atoms with E-state index in [2.05, 4.69) is 35.5 Å². The van der Waals surface area contributed by atoms with Gasteiger partial charge in [-0.2, -0.15) is 0 Å². The van der Waals surface area contributed by atoms with Gasteiger partial charge in [0.1, 0.15) is 0 Å². The topological polar surface area (TPSA) is 36.4 Å². The Kier molecular flexibility index (Phi) is 5.28. The largest absolute Gasteiger partial charge is 0.348 e. The molecule has 1 heterocycles. The molecule has 0 radical (unpaired) electrons. The monoisotopic (exact) mass is 197 g/mol. The van der Waals surface area contributed by atoms with Crippen molar-refractivity contribution in [3.63, 3.8) is 0 Å². The molecular formula is C11H23N3. The Labute approximate surface area is 87.7 Å². The molecule has 0 aromatic rings. The maximum Gasteiger partial charge on any atom is 0.196 e. The smallest absolute Gasteiger partial charge is 0.196 e. The molecule has 1 aliphatic heterocycles. The molecule has 1 rings (SSSR count). The Balaban J connectivity index is 0.000000791. The van der Waals surface area contributed by atoms with Gasteiger partial charge in [-0.3, -0.25) is 4.99 Å². The highest BCUT2D eigenvalue weighted by Gasteiger charge is 2.20. The average Bonchev–Trinajstić information content (AvgIpc) is 2.04. The molecule has 0 bridgehead atoms. The molecule has 2 N–H and O–H groups in total. The minimum absolute atomic E-state index is 0.0172. The van der Waals surface area contributed by atoms with Gasteiger partial charge in [-0.15, -0.1) is 0 Å². The summed E-state index contributed by atoms with van der Waals surface area (Å²) < 4.78 is 0. The van der Waals surface area contributed by atoms with Gasteiger partial charge in [-0.25, -0.2) is 0 Å². The van der Waals surface area contributed by atoms with Crippen molar-refractivity contribution in [2.24, 2.45) is 4.99 Å². The first-order valence-electron chi connectivity index (χ1n) is 5.32. The number of allylic oxidation sites excluding steroid dienone is 1. The molecule has 0 aromatic carbocycles. The van der Waals surface area contributed by atoms with Crippen molar-refractivity contribution < 1.29 is 0 Å². The van der Waals surface area contributed by atoms with E-state index >= 15 is 0 Å². The fourth-order valence-corrected chi connectivity index (χ4v) is 1.37. The van der Waals surface area contributed by atoms with E-state index in [9.17, 15) is 0 Å². The Morgan fingerprint density at radius 1 is 1.36 bits per heavy atom. The summed E-state index contributed by atoms with van der Waals surface area (Å²) >= 11 is 0. The van der Waals surface area contributed by atoms with Gasteiger partial charge in [0.2, 0.25) is 0 Å². The third-order valence-electron chi connectivity index (χ3n) is 1.65. The van der Waals surface area contributed by atoms with Gasteiger partial charge in [0.25, 0.3) is 0 Å². The maximum atomic E-state index is 4.28. The zero-order valence-corrected chi connectivity index (χ0v) is 10.2. The van der Waals surface area contributed by atoms with Gasteiger partial charge >= 0.3 is 0 Å². The van der Waals surface area contributed by atoms with E-state index in [1.807, 2.05) is 27.7 Å². The number of nitrogens with one attached hydrogen (secondary N) is 2. The summed E-state index contributed by atoms with van der Waals surface area (Å²) in [5.41, 5.74) is 1.18. The second kappa shape index (κ2) is 5.68. The zero-order chi connectivity index (χ0) is 11.2. The second-order valence-electron chi connectivity index (χ2n) is 3.62. The standard InChI is InChI=1S/C9H17N3.C2H6/c1-5-10-8-11-7(2)6-9(3,4)12-8;1-2/h6H,5H2,1-4H3,(H2,10,11,12);1-2H3. The zero-order valence-electron chi connectivity index (χ0n) is 10.2. The van der Waals surface area contributed by atoms with E-state index in [0.717, 1.165) is 18.2 Å². The molecule has 0 atom stereocenters. The first kappa shape index (κ1) is 13.0. The van der Waals surface area contributed by atoms with E-state index in [-0.39, 0.29) is 5.54 Å². The predicted octanol–water partition coefficient (Wildman–Crippen LogP) is 2.26. The van der Waals surface area contributed by atoms with Crippen LogP contribution in [-0.2, 0) is 0 Å². The number of hydrogen-bond acceptors (Lipinski definition) is 1. The van der Waals surface area contributed by atoms with Gasteiger partial charge in [0.05, 0.1) is 5.54 Å². The first-order valence-corrected chi connectivity index (χ1v) is 5.32. The van der Waals surface area contributed by atoms with Crippen molar-refractivity contribution in [3.05, 3.63) is 11.8 Å². The molecule has 0 unspecified atom stereocenters. The number of hydrogen-bond donors (Lipinski definition) is 2. The normalized spacial score (nSPS) is 21.3. The summed E-state index contributed by atoms with van der Waals surface area (Å²) in [6.07, 6.45) is 2.15. The predicted molar refractivity (Wildman–Crippen MR) is 63.4 cm³/mol. The molecule has 0 amide bonds. The summed E-state index contributed by atoms with van der Waals surface area (Å²) in [5, 5.41) is 6.46. The van der Waals surface area contributed by atoms with Gasteiger partial charge in [-0.05, 0) is 33.8 Å². The van der Waals surface area contributed by atoms with Crippen LogP contribution in [0.3, 0.4) is 0 Å². The molecule has 0 spiro atoms. The van der Waals surface area contributed by atoms with Crippen LogP contribution in [0.5, 0.6) is 0 Å². The lowest BCUT2D eigenvalue weighted by Gasteiger charge is -2.31. The van der Waals surface area contributed by atoms with Crippen LogP contribution in [0, 0.1) is 0 Å². The molecule has 1 aliphatic rings. The van der Waals surface area contributed by atoms with Crippen molar-refractivity contribution >= 4 is 5.96 Å². The minimum Gasteiger partial charge on any atom is -0.348 e. The van der Waals surface area contributed by atoms with Crippen molar-refractivity contribution in [1.82, 2.24) is 10.6 Å². The first-order chi connectivity index (χ1) is 6.53. The molecule has 0 saturated carbocycles. The lowest BCUT2D eigenvalue weighted by Crippen LogP contribution is -2.52. The Morgan fingerprint density at radius 2 is 1.93 bits per heavy atom. The molecule has 0 fully saturated rings. The van der Waals surface area contributed by atoms with Crippen molar-refractivity contribution in [2.75, 3.05) is 6.54 Å². The number of rotatable bonds is 1. The lowest BCUT2D eigenvalue weighted by molar-refractivity contribution is 0.543. The summed E-state index contributed by atoms with van der Waals surface area (Å²) in [5.74, 6) is 0.877. The number of nitrogens with zero attached hydrogens (tertiary/aromatic N) is 1. The van der Waals surface area contributed by atoms with E-state index in [0.29, 0.717) is 0 Å². The SMILES string of the molecule is CC.CCN=C1NC(C)=CC(C)(C)N1. The summed E-state index contributed by atoms with van der Waals surface area (Å²) in [6.45, 7) is 13.1. The van der Waals surface area contributed by atoms with Gasteiger partial charge in [-0.1, -0.05) is 13.8 Å². The Bertz CT molecular complexity index is 227. The molecular weight excluding hydrogens is 174 g/mol. The maximum absolute atomic E-state index is 4.28. The second-order valence-corrected chi connectivity index (χ2v) is 3.62.